The van der Waals surface area contributed by atoms with Crippen LogP contribution >= 0.6 is 22.6 Å². The molecule has 1 aromatic carbocycles. The third-order valence-corrected chi connectivity index (χ3v) is 2.26. The summed E-state index contributed by atoms with van der Waals surface area (Å²) in [5.74, 6) is -0.181. The number of hydrogen-bond acceptors (Lipinski definition) is 1. The van der Waals surface area contributed by atoms with Gasteiger partial charge in [-0.1, -0.05) is 18.7 Å². The highest BCUT2D eigenvalue weighted by Crippen LogP contribution is 2.16. The number of halogens is 1. The van der Waals surface area contributed by atoms with E-state index in [1.54, 1.807) is 0 Å². The Kier molecular flexibility index (Phi) is 3.28. The van der Waals surface area contributed by atoms with Gasteiger partial charge in [0.25, 0.3) is 0 Å². The summed E-state index contributed by atoms with van der Waals surface area (Å²) in [4.78, 5) is 10.9. The number of carbonyl (C=O) groups is 1. The number of carbonyl (C=O) groups excluding carboxylic acids is 1. The Morgan fingerprint density at radius 1 is 1.50 bits per heavy atom. The van der Waals surface area contributed by atoms with E-state index in [0.29, 0.717) is 0 Å². The fourth-order valence-electron chi connectivity index (χ4n) is 0.746. The van der Waals surface area contributed by atoms with Crippen molar-refractivity contribution in [2.24, 2.45) is 0 Å². The smallest absolute Gasteiger partial charge is 0.247 e. The Labute approximate surface area is 84.8 Å². The molecule has 0 radical (unpaired) electrons. The van der Waals surface area contributed by atoms with Crippen LogP contribution in [0.4, 0.5) is 5.69 Å². The molecule has 2 nitrogen and oxygen atoms in total. The topological polar surface area (TPSA) is 29.1 Å². The quantitative estimate of drug-likeness (QED) is 0.650. The van der Waals surface area contributed by atoms with Crippen LogP contribution in [0.1, 0.15) is 0 Å². The van der Waals surface area contributed by atoms with Crippen LogP contribution in [0.5, 0.6) is 0 Å². The van der Waals surface area contributed by atoms with Gasteiger partial charge < -0.3 is 5.32 Å². The summed E-state index contributed by atoms with van der Waals surface area (Å²) >= 11 is 2.16. The van der Waals surface area contributed by atoms with Gasteiger partial charge >= 0.3 is 0 Å². The lowest BCUT2D eigenvalue weighted by Gasteiger charge is -2.03. The molecule has 0 saturated carbocycles. The second-order valence-electron chi connectivity index (χ2n) is 2.17. The molecule has 1 aromatic rings. The fraction of sp³-hybridized carbons (Fsp3) is 0. The average molecular weight is 273 g/mol. The van der Waals surface area contributed by atoms with Gasteiger partial charge in [-0.25, -0.2) is 0 Å². The average Bonchev–Trinajstić information content (AvgIpc) is 2.09. The number of benzene rings is 1. The molecular formula is C9H8INO. The van der Waals surface area contributed by atoms with Gasteiger partial charge in [0.15, 0.2) is 0 Å². The summed E-state index contributed by atoms with van der Waals surface area (Å²) in [6.07, 6.45) is 1.25. The van der Waals surface area contributed by atoms with E-state index in [-0.39, 0.29) is 5.91 Å². The first-order valence-electron chi connectivity index (χ1n) is 3.42. The first kappa shape index (κ1) is 9.25. The standard InChI is InChI=1S/C9H8INO/c1-2-9(12)11-8-6-4-3-5-7(8)10/h2-6H,1H2,(H,11,12). The predicted octanol–water partition coefficient (Wildman–Crippen LogP) is 2.42. The molecule has 0 fully saturated rings. The van der Waals surface area contributed by atoms with Crippen molar-refractivity contribution in [2.75, 3.05) is 5.32 Å². The summed E-state index contributed by atoms with van der Waals surface area (Å²) in [6.45, 7) is 3.37. The summed E-state index contributed by atoms with van der Waals surface area (Å²) in [7, 11) is 0. The zero-order chi connectivity index (χ0) is 8.97. The Morgan fingerprint density at radius 3 is 2.75 bits per heavy atom. The minimum atomic E-state index is -0.181. The van der Waals surface area contributed by atoms with Crippen molar-refractivity contribution >= 4 is 34.2 Å². The van der Waals surface area contributed by atoms with Gasteiger partial charge in [0, 0.05) is 3.57 Å². The summed E-state index contributed by atoms with van der Waals surface area (Å²) in [5, 5.41) is 2.70. The zero-order valence-electron chi connectivity index (χ0n) is 6.38. The van der Waals surface area contributed by atoms with Gasteiger partial charge in [-0.05, 0) is 40.8 Å². The van der Waals surface area contributed by atoms with Gasteiger partial charge in [-0.3, -0.25) is 4.79 Å². The van der Waals surface area contributed by atoms with Crippen molar-refractivity contribution < 1.29 is 4.79 Å². The highest BCUT2D eigenvalue weighted by atomic mass is 127. The normalized spacial score (nSPS) is 9.08. The lowest BCUT2D eigenvalue weighted by atomic mass is 10.3. The van der Waals surface area contributed by atoms with Crippen molar-refractivity contribution in [3.8, 4) is 0 Å². The highest BCUT2D eigenvalue weighted by Gasteiger charge is 1.99. The van der Waals surface area contributed by atoms with E-state index in [1.165, 1.54) is 6.08 Å². The van der Waals surface area contributed by atoms with E-state index < -0.39 is 0 Å². The maximum Gasteiger partial charge on any atom is 0.247 e. The van der Waals surface area contributed by atoms with Gasteiger partial charge in [-0.2, -0.15) is 0 Å². The van der Waals surface area contributed by atoms with Crippen LogP contribution in [0, 0.1) is 3.57 Å². The molecule has 1 rings (SSSR count). The summed E-state index contributed by atoms with van der Waals surface area (Å²) in [5.41, 5.74) is 0.822. The van der Waals surface area contributed by atoms with E-state index >= 15 is 0 Å². The molecule has 1 N–H and O–H groups in total. The Balaban J connectivity index is 2.82. The van der Waals surface area contributed by atoms with Crippen LogP contribution in [-0.2, 0) is 4.79 Å². The van der Waals surface area contributed by atoms with E-state index in [0.717, 1.165) is 9.26 Å². The maximum absolute atomic E-state index is 10.9. The molecule has 62 valence electrons. The van der Waals surface area contributed by atoms with Crippen LogP contribution in [-0.4, -0.2) is 5.91 Å². The number of para-hydroxylation sites is 1. The zero-order valence-corrected chi connectivity index (χ0v) is 8.54. The van der Waals surface area contributed by atoms with Crippen LogP contribution in [0.3, 0.4) is 0 Å². The van der Waals surface area contributed by atoms with Gasteiger partial charge in [0.05, 0.1) is 5.69 Å². The van der Waals surface area contributed by atoms with E-state index in [4.69, 9.17) is 0 Å². The second kappa shape index (κ2) is 4.25. The van der Waals surface area contributed by atoms with E-state index in [9.17, 15) is 4.79 Å². The Bertz CT molecular complexity index is 309. The molecule has 0 aromatic heterocycles. The third kappa shape index (κ3) is 2.34. The molecule has 0 aliphatic carbocycles. The highest BCUT2D eigenvalue weighted by molar-refractivity contribution is 14.1. The molecule has 1 amide bonds. The molecule has 3 heteroatoms. The number of hydrogen-bond donors (Lipinski definition) is 1. The molecule has 0 heterocycles. The van der Waals surface area contributed by atoms with Crippen LogP contribution in [0.25, 0.3) is 0 Å². The molecule has 0 saturated heterocycles. The van der Waals surface area contributed by atoms with Crippen molar-refractivity contribution in [1.82, 2.24) is 0 Å². The first-order chi connectivity index (χ1) is 5.74. The van der Waals surface area contributed by atoms with Crippen molar-refractivity contribution in [2.45, 2.75) is 0 Å². The van der Waals surface area contributed by atoms with Crippen molar-refractivity contribution in [3.63, 3.8) is 0 Å². The molecule has 0 aliphatic heterocycles. The van der Waals surface area contributed by atoms with Gasteiger partial charge in [0.1, 0.15) is 0 Å². The Hall–Kier alpha value is -0.840. The second-order valence-corrected chi connectivity index (χ2v) is 3.34. The molecule has 0 spiro atoms. The first-order valence-corrected chi connectivity index (χ1v) is 4.50. The largest absolute Gasteiger partial charge is 0.322 e. The fourth-order valence-corrected chi connectivity index (χ4v) is 1.27. The Morgan fingerprint density at radius 2 is 2.17 bits per heavy atom. The number of nitrogens with one attached hydrogen (secondary N) is 1. The number of amides is 1. The summed E-state index contributed by atoms with van der Waals surface area (Å²) in [6, 6.07) is 7.58. The minimum Gasteiger partial charge on any atom is -0.322 e. The predicted molar refractivity (Wildman–Crippen MR) is 58.0 cm³/mol. The molecule has 0 unspecified atom stereocenters. The van der Waals surface area contributed by atoms with Crippen LogP contribution in [0.2, 0.25) is 0 Å². The third-order valence-electron chi connectivity index (χ3n) is 1.32. The maximum atomic E-state index is 10.9. The van der Waals surface area contributed by atoms with Crippen molar-refractivity contribution in [3.05, 3.63) is 40.5 Å². The molecule has 0 bridgehead atoms. The van der Waals surface area contributed by atoms with Crippen LogP contribution in [0.15, 0.2) is 36.9 Å². The molecular weight excluding hydrogens is 265 g/mol. The van der Waals surface area contributed by atoms with E-state index in [1.807, 2.05) is 24.3 Å². The lowest BCUT2D eigenvalue weighted by Crippen LogP contribution is -2.08. The summed E-state index contributed by atoms with van der Waals surface area (Å²) < 4.78 is 1.02. The molecule has 0 atom stereocenters. The van der Waals surface area contributed by atoms with Gasteiger partial charge in [-0.15, -0.1) is 0 Å². The minimum absolute atomic E-state index is 0.181. The van der Waals surface area contributed by atoms with Gasteiger partial charge in [0.2, 0.25) is 5.91 Å². The monoisotopic (exact) mass is 273 g/mol. The van der Waals surface area contributed by atoms with Crippen LogP contribution < -0.4 is 5.32 Å². The van der Waals surface area contributed by atoms with E-state index in [2.05, 4.69) is 34.5 Å². The van der Waals surface area contributed by atoms with Crippen molar-refractivity contribution in [1.29, 1.82) is 0 Å². The number of rotatable bonds is 2. The number of anilines is 1. The lowest BCUT2D eigenvalue weighted by molar-refractivity contribution is -0.111. The molecule has 12 heavy (non-hydrogen) atoms. The molecule has 0 aliphatic rings. The SMILES string of the molecule is C=CC(=O)Nc1ccccc1I.